The Morgan fingerprint density at radius 2 is 1.95 bits per heavy atom. The maximum atomic E-state index is 12.1. The molecule has 1 aromatic rings. The van der Waals surface area contributed by atoms with Gasteiger partial charge in [-0.05, 0) is 18.4 Å². The number of carbonyl (C=O) groups is 1. The monoisotopic (exact) mass is 286 g/mol. The molecular formula is C18H22O3. The highest BCUT2D eigenvalue weighted by atomic mass is 16.5. The summed E-state index contributed by atoms with van der Waals surface area (Å²) in [6.45, 7) is 1.88. The van der Waals surface area contributed by atoms with E-state index in [-0.39, 0.29) is 0 Å². The van der Waals surface area contributed by atoms with Gasteiger partial charge in [0, 0.05) is 11.8 Å². The van der Waals surface area contributed by atoms with Crippen molar-refractivity contribution in [3.05, 3.63) is 35.9 Å². The minimum Gasteiger partial charge on any atom is -0.380 e. The fourth-order valence-corrected chi connectivity index (χ4v) is 3.11. The van der Waals surface area contributed by atoms with Crippen molar-refractivity contribution in [1.82, 2.24) is 0 Å². The summed E-state index contributed by atoms with van der Waals surface area (Å²) in [4.78, 5) is 12.1. The minimum atomic E-state index is -1.16. The van der Waals surface area contributed by atoms with Crippen molar-refractivity contribution in [1.29, 1.82) is 0 Å². The maximum Gasteiger partial charge on any atom is 0.349 e. The number of carbonyl (C=O) groups excluding carboxylic acids is 1. The largest absolute Gasteiger partial charge is 0.380 e. The van der Waals surface area contributed by atoms with Gasteiger partial charge in [-0.25, -0.2) is 4.79 Å². The van der Waals surface area contributed by atoms with Gasteiger partial charge in [0.25, 0.3) is 0 Å². The van der Waals surface area contributed by atoms with E-state index >= 15 is 0 Å². The third-order valence-electron chi connectivity index (χ3n) is 4.24. The molecule has 0 amide bonds. The lowest BCUT2D eigenvalue weighted by Crippen LogP contribution is -2.46. The zero-order valence-corrected chi connectivity index (χ0v) is 12.5. The topological polar surface area (TPSA) is 46.5 Å². The quantitative estimate of drug-likeness (QED) is 0.686. The van der Waals surface area contributed by atoms with Crippen LogP contribution >= 0.6 is 0 Å². The molecule has 0 spiro atoms. The second-order valence-corrected chi connectivity index (χ2v) is 5.54. The molecule has 0 heterocycles. The van der Waals surface area contributed by atoms with Crippen molar-refractivity contribution in [2.45, 2.75) is 57.0 Å². The number of hydrogen-bond acceptors (Lipinski definition) is 3. The summed E-state index contributed by atoms with van der Waals surface area (Å²) in [5.74, 6) is 2.05. The van der Waals surface area contributed by atoms with E-state index in [0.29, 0.717) is 6.42 Å². The molecule has 1 aromatic carbocycles. The molecule has 1 saturated carbocycles. The van der Waals surface area contributed by atoms with Gasteiger partial charge in [-0.3, -0.25) is 0 Å². The van der Waals surface area contributed by atoms with Crippen LogP contribution in [0.1, 0.15) is 51.0 Å². The minimum absolute atomic E-state index is 0.537. The van der Waals surface area contributed by atoms with Crippen molar-refractivity contribution < 1.29 is 14.6 Å². The molecule has 3 nitrogen and oxygen atoms in total. The number of hydrogen-bond donors (Lipinski definition) is 1. The van der Waals surface area contributed by atoms with Gasteiger partial charge >= 0.3 is 5.97 Å². The fourth-order valence-electron chi connectivity index (χ4n) is 3.11. The van der Waals surface area contributed by atoms with Gasteiger partial charge in [-0.1, -0.05) is 62.4 Å². The average Bonchev–Trinajstić information content (AvgIpc) is 2.55. The number of benzene rings is 1. The second kappa shape index (κ2) is 7.28. The Balaban J connectivity index is 2.25. The molecule has 112 valence electrons. The number of aliphatic hydroxyl groups is 1. The molecule has 1 aliphatic carbocycles. The van der Waals surface area contributed by atoms with Gasteiger partial charge in [-0.15, -0.1) is 0 Å². The van der Waals surface area contributed by atoms with Gasteiger partial charge in [0.2, 0.25) is 0 Å². The predicted octanol–water partition coefficient (Wildman–Crippen LogP) is 3.16. The Morgan fingerprint density at radius 3 is 2.57 bits per heavy atom. The summed E-state index contributed by atoms with van der Waals surface area (Å²) >= 11 is 0. The van der Waals surface area contributed by atoms with E-state index in [0.717, 1.165) is 37.7 Å². The molecule has 3 heteroatoms. The van der Waals surface area contributed by atoms with Crippen molar-refractivity contribution in [2.24, 2.45) is 0 Å². The summed E-state index contributed by atoms with van der Waals surface area (Å²) in [6, 6.07) is 9.80. The number of esters is 1. The van der Waals surface area contributed by atoms with E-state index in [1.54, 1.807) is 0 Å². The molecule has 1 unspecified atom stereocenters. The van der Waals surface area contributed by atoms with Gasteiger partial charge in [0.1, 0.15) is 6.11 Å². The number of ether oxygens (including phenoxy) is 1. The molecule has 1 fully saturated rings. The molecule has 2 rings (SSSR count). The van der Waals surface area contributed by atoms with E-state index in [4.69, 9.17) is 4.74 Å². The normalized spacial score (nSPS) is 18.2. The van der Waals surface area contributed by atoms with Crippen LogP contribution in [0.4, 0.5) is 0 Å². The van der Waals surface area contributed by atoms with Crippen molar-refractivity contribution in [3.8, 4) is 12.0 Å². The van der Waals surface area contributed by atoms with E-state index in [1.807, 2.05) is 37.3 Å². The van der Waals surface area contributed by atoms with Crippen molar-refractivity contribution >= 4 is 5.97 Å². The Morgan fingerprint density at radius 1 is 1.29 bits per heavy atom. The maximum absolute atomic E-state index is 12.1. The van der Waals surface area contributed by atoms with Crippen LogP contribution in [-0.2, 0) is 14.9 Å². The molecule has 0 radical (unpaired) electrons. The summed E-state index contributed by atoms with van der Waals surface area (Å²) in [5.41, 5.74) is 0.474. The summed E-state index contributed by atoms with van der Waals surface area (Å²) in [7, 11) is 0. The summed E-state index contributed by atoms with van der Waals surface area (Å²) < 4.78 is 4.89. The Hall–Kier alpha value is -1.79. The lowest BCUT2D eigenvalue weighted by Gasteiger charge is -2.40. The molecule has 1 atom stereocenters. The first-order valence-corrected chi connectivity index (χ1v) is 7.63. The molecule has 0 aliphatic heterocycles. The molecule has 1 N–H and O–H groups in total. The first-order chi connectivity index (χ1) is 10.2. The van der Waals surface area contributed by atoms with Crippen LogP contribution in [0.3, 0.4) is 0 Å². The van der Waals surface area contributed by atoms with Crippen molar-refractivity contribution in [2.75, 3.05) is 0 Å². The Kier molecular flexibility index (Phi) is 5.41. The SMILES string of the molecule is CCC#COC(=O)C(O)C1(c2ccccc2)CCCCC1. The lowest BCUT2D eigenvalue weighted by molar-refractivity contribution is -0.151. The smallest absolute Gasteiger partial charge is 0.349 e. The predicted molar refractivity (Wildman–Crippen MR) is 81.4 cm³/mol. The van der Waals surface area contributed by atoms with E-state index < -0.39 is 17.5 Å². The first kappa shape index (κ1) is 15.6. The second-order valence-electron chi connectivity index (χ2n) is 5.54. The molecule has 1 aliphatic rings. The van der Waals surface area contributed by atoms with Crippen LogP contribution in [-0.4, -0.2) is 17.2 Å². The third-order valence-corrected chi connectivity index (χ3v) is 4.24. The molecule has 0 aromatic heterocycles. The van der Waals surface area contributed by atoms with E-state index in [1.165, 1.54) is 0 Å². The van der Waals surface area contributed by atoms with Crippen LogP contribution in [0.5, 0.6) is 0 Å². The highest BCUT2D eigenvalue weighted by molar-refractivity contribution is 5.78. The zero-order chi connectivity index (χ0) is 15.1. The standard InChI is InChI=1S/C18H22O3/c1-2-3-14-21-17(20)16(19)18(12-8-5-9-13-18)15-10-6-4-7-11-15/h4,6-7,10-11,16,19H,2,5,8-9,12-13H2,1H3. The van der Waals surface area contributed by atoms with Crippen LogP contribution in [0, 0.1) is 12.0 Å². The van der Waals surface area contributed by atoms with E-state index in [2.05, 4.69) is 12.0 Å². The van der Waals surface area contributed by atoms with Gasteiger partial charge in [0.05, 0.1) is 0 Å². The van der Waals surface area contributed by atoms with Crippen molar-refractivity contribution in [3.63, 3.8) is 0 Å². The lowest BCUT2D eigenvalue weighted by atomic mass is 9.66. The van der Waals surface area contributed by atoms with Gasteiger partial charge in [-0.2, -0.15) is 0 Å². The van der Waals surface area contributed by atoms with Gasteiger partial charge < -0.3 is 9.84 Å². The fraction of sp³-hybridized carbons (Fsp3) is 0.500. The van der Waals surface area contributed by atoms with Crippen LogP contribution < -0.4 is 0 Å². The molecule has 0 bridgehead atoms. The van der Waals surface area contributed by atoms with Gasteiger partial charge in [0.15, 0.2) is 6.10 Å². The first-order valence-electron chi connectivity index (χ1n) is 7.63. The average molecular weight is 286 g/mol. The number of rotatable bonds is 3. The Bertz CT molecular complexity index is 518. The van der Waals surface area contributed by atoms with Crippen LogP contribution in [0.2, 0.25) is 0 Å². The molecule has 21 heavy (non-hydrogen) atoms. The van der Waals surface area contributed by atoms with Crippen LogP contribution in [0.15, 0.2) is 30.3 Å². The molecular weight excluding hydrogens is 264 g/mol. The molecule has 0 saturated heterocycles. The highest BCUT2D eigenvalue weighted by Crippen LogP contribution is 2.42. The zero-order valence-electron chi connectivity index (χ0n) is 12.5. The number of aliphatic hydroxyl groups excluding tert-OH is 1. The van der Waals surface area contributed by atoms with E-state index in [9.17, 15) is 9.90 Å². The summed E-state index contributed by atoms with van der Waals surface area (Å²) in [5, 5.41) is 10.6. The third kappa shape index (κ3) is 3.46. The highest BCUT2D eigenvalue weighted by Gasteiger charge is 2.45. The Labute approximate surface area is 126 Å². The summed E-state index contributed by atoms with van der Waals surface area (Å²) in [6.07, 6.45) is 6.59. The van der Waals surface area contributed by atoms with Crippen LogP contribution in [0.25, 0.3) is 0 Å².